The number of hydrogen-bond acceptors (Lipinski definition) is 5. The third kappa shape index (κ3) is 3.81. The highest BCUT2D eigenvalue weighted by Crippen LogP contribution is 2.22. The minimum absolute atomic E-state index is 0.0917. The van der Waals surface area contributed by atoms with Crippen molar-refractivity contribution in [3.05, 3.63) is 68.9 Å². The van der Waals surface area contributed by atoms with Gasteiger partial charge in [-0.05, 0) is 32.1 Å². The van der Waals surface area contributed by atoms with Crippen LogP contribution in [0.3, 0.4) is 0 Å². The number of carbonyl (C=O) groups excluding carboxylic acids is 1. The van der Waals surface area contributed by atoms with E-state index >= 15 is 0 Å². The summed E-state index contributed by atoms with van der Waals surface area (Å²) in [7, 11) is 0. The number of nitrogens with zero attached hydrogens (tertiary/aromatic N) is 4. The number of fused-ring (bicyclic) bond motifs is 2. The van der Waals surface area contributed by atoms with Crippen LogP contribution in [0.2, 0.25) is 5.15 Å². The summed E-state index contributed by atoms with van der Waals surface area (Å²) in [6.07, 6.45) is 4.97. The molecular formula is C20H18ClN5O2S. The molecule has 0 saturated heterocycles. The summed E-state index contributed by atoms with van der Waals surface area (Å²) in [6, 6.07) is 7.03. The second-order valence-corrected chi connectivity index (χ2v) is 8.00. The maximum absolute atomic E-state index is 12.9. The lowest BCUT2D eigenvalue weighted by atomic mass is 10.2. The summed E-state index contributed by atoms with van der Waals surface area (Å²) in [6.45, 7) is 4.01. The maximum Gasteiger partial charge on any atom is 0.258 e. The van der Waals surface area contributed by atoms with E-state index in [4.69, 9.17) is 11.6 Å². The number of halogens is 1. The van der Waals surface area contributed by atoms with E-state index in [1.807, 2.05) is 35.9 Å². The average Bonchev–Trinajstić information content (AvgIpc) is 3.24. The molecule has 1 aromatic carbocycles. The number of amides is 1. The van der Waals surface area contributed by atoms with Crippen LogP contribution in [0, 0.1) is 0 Å². The highest BCUT2D eigenvalue weighted by molar-refractivity contribution is 7.15. The molecule has 3 aromatic heterocycles. The number of benzene rings is 1. The SMILES string of the molecule is CC(C)N(Cc1nc2ccccc2c(=O)[nH]1)C(=O)C=Cc1c(Cl)nc2sccn12. The molecule has 0 bridgehead atoms. The lowest BCUT2D eigenvalue weighted by Crippen LogP contribution is -2.36. The molecule has 0 unspecified atom stereocenters. The van der Waals surface area contributed by atoms with Crippen LogP contribution in [0.4, 0.5) is 0 Å². The van der Waals surface area contributed by atoms with E-state index in [2.05, 4.69) is 15.0 Å². The summed E-state index contributed by atoms with van der Waals surface area (Å²) < 4.78 is 1.83. The van der Waals surface area contributed by atoms with Crippen molar-refractivity contribution < 1.29 is 4.79 Å². The Balaban J connectivity index is 1.61. The van der Waals surface area contributed by atoms with E-state index in [1.54, 1.807) is 29.2 Å². The highest BCUT2D eigenvalue weighted by Gasteiger charge is 2.18. The van der Waals surface area contributed by atoms with Gasteiger partial charge in [0, 0.05) is 23.7 Å². The Morgan fingerprint density at radius 2 is 2.14 bits per heavy atom. The first kappa shape index (κ1) is 19.4. The van der Waals surface area contributed by atoms with E-state index in [0.717, 1.165) is 4.96 Å². The summed E-state index contributed by atoms with van der Waals surface area (Å²) in [5.74, 6) is 0.226. The van der Waals surface area contributed by atoms with Crippen molar-refractivity contribution in [3.63, 3.8) is 0 Å². The van der Waals surface area contributed by atoms with E-state index in [-0.39, 0.29) is 24.1 Å². The molecule has 0 aliphatic heterocycles. The van der Waals surface area contributed by atoms with Crippen LogP contribution in [0.25, 0.3) is 21.9 Å². The van der Waals surface area contributed by atoms with Gasteiger partial charge in [-0.1, -0.05) is 23.7 Å². The Kier molecular flexibility index (Phi) is 5.21. The molecule has 7 nitrogen and oxygen atoms in total. The monoisotopic (exact) mass is 427 g/mol. The van der Waals surface area contributed by atoms with Crippen LogP contribution in [0.1, 0.15) is 25.4 Å². The molecule has 4 rings (SSSR count). The molecule has 1 amide bonds. The zero-order valence-corrected chi connectivity index (χ0v) is 17.4. The third-order valence-corrected chi connectivity index (χ3v) is 5.56. The van der Waals surface area contributed by atoms with Gasteiger partial charge in [-0.2, -0.15) is 0 Å². The van der Waals surface area contributed by atoms with E-state index in [0.29, 0.717) is 27.6 Å². The minimum Gasteiger partial charge on any atom is -0.329 e. The van der Waals surface area contributed by atoms with Gasteiger partial charge in [0.25, 0.3) is 5.56 Å². The fourth-order valence-corrected chi connectivity index (χ4v) is 4.06. The largest absolute Gasteiger partial charge is 0.329 e. The first-order chi connectivity index (χ1) is 13.9. The van der Waals surface area contributed by atoms with Crippen LogP contribution in [0.15, 0.2) is 46.7 Å². The Hall–Kier alpha value is -2.97. The van der Waals surface area contributed by atoms with Crippen molar-refractivity contribution in [2.24, 2.45) is 0 Å². The standard InChI is InChI=1S/C20H18ClN5O2S/c1-12(2)26(11-16-22-14-6-4-3-5-13(14)19(28)23-16)17(27)8-7-15-18(21)24-20-25(15)9-10-29-20/h3-10,12H,11H2,1-2H3,(H,22,23,28). The zero-order valence-electron chi connectivity index (χ0n) is 15.8. The third-order valence-electron chi connectivity index (χ3n) is 4.53. The Bertz CT molecular complexity index is 1290. The number of rotatable bonds is 5. The van der Waals surface area contributed by atoms with Gasteiger partial charge in [0.1, 0.15) is 5.82 Å². The predicted molar refractivity (Wildman–Crippen MR) is 115 cm³/mol. The van der Waals surface area contributed by atoms with Crippen LogP contribution in [-0.2, 0) is 11.3 Å². The second kappa shape index (κ2) is 7.81. The number of hydrogen-bond donors (Lipinski definition) is 1. The smallest absolute Gasteiger partial charge is 0.258 e. The van der Waals surface area contributed by atoms with Gasteiger partial charge in [0.15, 0.2) is 10.1 Å². The quantitative estimate of drug-likeness (QED) is 0.492. The zero-order chi connectivity index (χ0) is 20.5. The van der Waals surface area contributed by atoms with Crippen LogP contribution < -0.4 is 5.56 Å². The molecule has 9 heteroatoms. The second-order valence-electron chi connectivity index (χ2n) is 6.77. The Labute approximate surface area is 175 Å². The van der Waals surface area contributed by atoms with E-state index < -0.39 is 0 Å². The first-order valence-corrected chi connectivity index (χ1v) is 10.3. The normalized spacial score (nSPS) is 11.9. The van der Waals surface area contributed by atoms with Crippen LogP contribution in [-0.4, -0.2) is 36.2 Å². The number of imidazole rings is 1. The number of H-pyrrole nitrogens is 1. The molecule has 0 fully saturated rings. The van der Waals surface area contributed by atoms with E-state index in [9.17, 15) is 9.59 Å². The average molecular weight is 428 g/mol. The van der Waals surface area contributed by atoms with E-state index in [1.165, 1.54) is 17.4 Å². The number of para-hydroxylation sites is 1. The molecule has 3 heterocycles. The van der Waals surface area contributed by atoms with Crippen molar-refractivity contribution >= 4 is 50.8 Å². The van der Waals surface area contributed by atoms with Gasteiger partial charge in [0.2, 0.25) is 5.91 Å². The van der Waals surface area contributed by atoms with Crippen LogP contribution in [0.5, 0.6) is 0 Å². The summed E-state index contributed by atoms with van der Waals surface area (Å²) >= 11 is 7.65. The molecular weight excluding hydrogens is 410 g/mol. The predicted octanol–water partition coefficient (Wildman–Crippen LogP) is 3.74. The van der Waals surface area contributed by atoms with Gasteiger partial charge in [-0.25, -0.2) is 9.97 Å². The van der Waals surface area contributed by atoms with Gasteiger partial charge in [-0.3, -0.25) is 14.0 Å². The molecule has 4 aromatic rings. The number of aromatic amines is 1. The highest BCUT2D eigenvalue weighted by atomic mass is 35.5. The number of aromatic nitrogens is 4. The van der Waals surface area contributed by atoms with Gasteiger partial charge >= 0.3 is 0 Å². The molecule has 0 spiro atoms. The summed E-state index contributed by atoms with van der Waals surface area (Å²) in [4.78, 5) is 39.1. The van der Waals surface area contributed by atoms with Gasteiger partial charge in [0.05, 0.1) is 23.1 Å². The van der Waals surface area contributed by atoms with Gasteiger partial charge < -0.3 is 9.88 Å². The van der Waals surface area contributed by atoms with Crippen molar-refractivity contribution in [1.82, 2.24) is 24.3 Å². The summed E-state index contributed by atoms with van der Waals surface area (Å²) in [5.41, 5.74) is 1.03. The molecule has 0 atom stereocenters. The lowest BCUT2D eigenvalue weighted by molar-refractivity contribution is -0.128. The van der Waals surface area contributed by atoms with Crippen molar-refractivity contribution in [2.75, 3.05) is 0 Å². The molecule has 0 saturated carbocycles. The maximum atomic E-state index is 12.9. The van der Waals surface area contributed by atoms with Crippen molar-refractivity contribution in [2.45, 2.75) is 26.4 Å². The molecule has 148 valence electrons. The molecule has 29 heavy (non-hydrogen) atoms. The Morgan fingerprint density at radius 3 is 2.93 bits per heavy atom. The van der Waals surface area contributed by atoms with Crippen molar-refractivity contribution in [1.29, 1.82) is 0 Å². The number of thiazole rings is 1. The molecule has 1 N–H and O–H groups in total. The fourth-order valence-electron chi connectivity index (χ4n) is 3.06. The first-order valence-electron chi connectivity index (χ1n) is 9.01. The molecule has 0 aliphatic rings. The summed E-state index contributed by atoms with van der Waals surface area (Å²) in [5, 5.41) is 2.77. The molecule has 0 aliphatic carbocycles. The Morgan fingerprint density at radius 1 is 1.34 bits per heavy atom. The minimum atomic E-state index is -0.219. The number of carbonyl (C=O) groups is 1. The topological polar surface area (TPSA) is 83.4 Å². The molecule has 0 radical (unpaired) electrons. The fraction of sp³-hybridized carbons (Fsp3) is 0.200. The lowest BCUT2D eigenvalue weighted by Gasteiger charge is -2.25. The van der Waals surface area contributed by atoms with Gasteiger partial charge in [-0.15, -0.1) is 11.3 Å². The number of nitrogens with one attached hydrogen (secondary N) is 1. The van der Waals surface area contributed by atoms with Crippen molar-refractivity contribution in [3.8, 4) is 0 Å². The van der Waals surface area contributed by atoms with Crippen LogP contribution >= 0.6 is 22.9 Å².